The monoisotopic (exact) mass is 586 g/mol. The van der Waals surface area contributed by atoms with E-state index >= 15 is 0 Å². The SMILES string of the molecule is NC(=O)c1ccc(N2CCC(CN3CC4CCC3CN4c3ccc4c(c3)C(=O)N(C3CCC(=O)NC3=O)C4=O)CC2)nn1. The minimum Gasteiger partial charge on any atom is -0.366 e. The lowest BCUT2D eigenvalue weighted by atomic mass is 9.87. The van der Waals surface area contributed by atoms with Crippen LogP contribution >= 0.6 is 0 Å². The summed E-state index contributed by atoms with van der Waals surface area (Å²) in [5, 5.41) is 10.4. The molecule has 43 heavy (non-hydrogen) atoms. The highest BCUT2D eigenvalue weighted by Gasteiger charge is 2.46. The van der Waals surface area contributed by atoms with Crippen molar-refractivity contribution in [3.05, 3.63) is 47.2 Å². The van der Waals surface area contributed by atoms with Crippen molar-refractivity contribution in [2.45, 2.75) is 56.7 Å². The molecule has 13 nitrogen and oxygen atoms in total. The molecule has 1 aromatic heterocycles. The van der Waals surface area contributed by atoms with E-state index < -0.39 is 29.7 Å². The minimum atomic E-state index is -0.963. The third-order valence-corrected chi connectivity index (χ3v) is 9.73. The van der Waals surface area contributed by atoms with Crippen LogP contribution in [0.3, 0.4) is 0 Å². The molecule has 0 radical (unpaired) electrons. The molecule has 1 aromatic carbocycles. The van der Waals surface area contributed by atoms with Crippen molar-refractivity contribution in [3.63, 3.8) is 0 Å². The molecule has 5 fully saturated rings. The third-order valence-electron chi connectivity index (χ3n) is 9.73. The number of imide groups is 2. The predicted molar refractivity (Wildman–Crippen MR) is 154 cm³/mol. The van der Waals surface area contributed by atoms with Crippen molar-refractivity contribution in [1.29, 1.82) is 0 Å². The summed E-state index contributed by atoms with van der Waals surface area (Å²) >= 11 is 0. The largest absolute Gasteiger partial charge is 0.366 e. The number of piperidine rings is 4. The van der Waals surface area contributed by atoms with Gasteiger partial charge in [0.05, 0.1) is 11.1 Å². The van der Waals surface area contributed by atoms with Gasteiger partial charge in [0.1, 0.15) is 6.04 Å². The maximum atomic E-state index is 13.3. The van der Waals surface area contributed by atoms with Crippen molar-refractivity contribution in [3.8, 4) is 0 Å². The van der Waals surface area contributed by atoms with E-state index in [2.05, 4.69) is 30.2 Å². The number of nitrogens with zero attached hydrogens (tertiary/aromatic N) is 6. The van der Waals surface area contributed by atoms with Crippen LogP contribution in [0.25, 0.3) is 0 Å². The summed E-state index contributed by atoms with van der Waals surface area (Å²) < 4.78 is 0. The first-order chi connectivity index (χ1) is 20.8. The van der Waals surface area contributed by atoms with E-state index in [1.165, 1.54) is 0 Å². The first-order valence-corrected chi connectivity index (χ1v) is 15.0. The molecule has 0 aliphatic carbocycles. The summed E-state index contributed by atoms with van der Waals surface area (Å²) in [4.78, 5) is 69.9. The summed E-state index contributed by atoms with van der Waals surface area (Å²) in [5.74, 6) is -1.16. The number of piperazine rings is 1. The number of carbonyl (C=O) groups excluding carboxylic acids is 5. The van der Waals surface area contributed by atoms with Crippen molar-refractivity contribution in [2.75, 3.05) is 42.5 Å². The highest BCUT2D eigenvalue weighted by molar-refractivity contribution is 6.23. The number of nitrogens with two attached hydrogens (primary N) is 1. The Hall–Kier alpha value is -4.39. The zero-order valence-corrected chi connectivity index (χ0v) is 23.8. The fourth-order valence-electron chi connectivity index (χ4n) is 7.39. The quantitative estimate of drug-likeness (QED) is 0.457. The van der Waals surface area contributed by atoms with Gasteiger partial charge in [-0.15, -0.1) is 10.2 Å². The molecule has 3 atom stereocenters. The third kappa shape index (κ3) is 4.90. The van der Waals surface area contributed by atoms with Gasteiger partial charge in [-0.3, -0.25) is 39.1 Å². The second-order valence-electron chi connectivity index (χ2n) is 12.2. The lowest BCUT2D eigenvalue weighted by molar-refractivity contribution is -0.136. The molecule has 2 aromatic rings. The average molecular weight is 587 g/mol. The van der Waals surface area contributed by atoms with Crippen LogP contribution in [-0.2, 0) is 9.59 Å². The standard InChI is InChI=1S/C30H34N8O5/c31-27(40)23-5-7-25(34-33-23)35-11-9-17(10-12-35)14-36-15-20-2-1-19(36)16-37(20)18-3-4-21-22(13-18)30(43)38(29(21)42)24-6-8-26(39)32-28(24)41/h3-5,7,13,17,19-20,24H,1-2,6,8-12,14-16H2,(H2,31,40)(H,32,39,41). The lowest BCUT2D eigenvalue weighted by Gasteiger charge is -2.53. The number of primary amides is 1. The molecule has 5 saturated heterocycles. The molecule has 5 amide bonds. The number of carbonyl (C=O) groups is 5. The van der Waals surface area contributed by atoms with Crippen LogP contribution in [0.15, 0.2) is 30.3 Å². The molecule has 13 heteroatoms. The Morgan fingerprint density at radius 2 is 1.65 bits per heavy atom. The average Bonchev–Trinajstić information content (AvgIpc) is 3.26. The molecular formula is C30H34N8O5. The summed E-state index contributed by atoms with van der Waals surface area (Å²) in [6, 6.07) is 8.63. The van der Waals surface area contributed by atoms with E-state index in [0.717, 1.165) is 74.8 Å². The number of benzene rings is 1. The van der Waals surface area contributed by atoms with E-state index in [-0.39, 0.29) is 24.4 Å². The molecule has 6 aliphatic rings. The zero-order chi connectivity index (χ0) is 29.8. The fourth-order valence-corrected chi connectivity index (χ4v) is 7.39. The molecule has 6 aliphatic heterocycles. The Morgan fingerprint density at radius 3 is 2.33 bits per heavy atom. The normalized spacial score (nSPS) is 26.2. The number of hydrogen-bond acceptors (Lipinski definition) is 10. The van der Waals surface area contributed by atoms with Crippen LogP contribution in [0.4, 0.5) is 11.5 Å². The van der Waals surface area contributed by atoms with Gasteiger partial charge < -0.3 is 15.5 Å². The van der Waals surface area contributed by atoms with E-state index in [9.17, 15) is 24.0 Å². The predicted octanol–water partition coefficient (Wildman–Crippen LogP) is 0.546. The number of hydrogen-bond donors (Lipinski definition) is 2. The molecule has 8 rings (SSSR count). The van der Waals surface area contributed by atoms with Crippen LogP contribution in [0.2, 0.25) is 0 Å². The Bertz CT molecular complexity index is 1500. The molecule has 3 unspecified atom stereocenters. The van der Waals surface area contributed by atoms with Gasteiger partial charge in [0.2, 0.25) is 11.8 Å². The van der Waals surface area contributed by atoms with E-state index in [1.807, 2.05) is 6.07 Å². The number of rotatable bonds is 6. The van der Waals surface area contributed by atoms with Gasteiger partial charge in [0.15, 0.2) is 11.5 Å². The maximum absolute atomic E-state index is 13.3. The number of nitrogens with one attached hydrogen (secondary N) is 1. The first-order valence-electron chi connectivity index (χ1n) is 15.0. The van der Waals surface area contributed by atoms with Crippen LogP contribution < -0.4 is 20.9 Å². The molecule has 7 heterocycles. The van der Waals surface area contributed by atoms with Crippen molar-refractivity contribution < 1.29 is 24.0 Å². The molecule has 2 bridgehead atoms. The number of amides is 5. The van der Waals surface area contributed by atoms with Gasteiger partial charge in [-0.2, -0.15) is 0 Å². The molecule has 224 valence electrons. The van der Waals surface area contributed by atoms with Crippen LogP contribution in [-0.4, -0.2) is 100 Å². The van der Waals surface area contributed by atoms with Crippen molar-refractivity contribution >= 4 is 41.0 Å². The maximum Gasteiger partial charge on any atom is 0.269 e. The summed E-state index contributed by atoms with van der Waals surface area (Å²) in [5.41, 5.74) is 7.01. The molecule has 3 N–H and O–H groups in total. The van der Waals surface area contributed by atoms with E-state index in [0.29, 0.717) is 29.1 Å². The van der Waals surface area contributed by atoms with Crippen LogP contribution in [0.1, 0.15) is 69.7 Å². The first kappa shape index (κ1) is 27.4. The van der Waals surface area contributed by atoms with Gasteiger partial charge in [-0.25, -0.2) is 0 Å². The van der Waals surface area contributed by atoms with E-state index in [1.54, 1.807) is 24.3 Å². The Morgan fingerprint density at radius 1 is 0.884 bits per heavy atom. The van der Waals surface area contributed by atoms with E-state index in [4.69, 9.17) is 5.73 Å². The van der Waals surface area contributed by atoms with Crippen LogP contribution in [0.5, 0.6) is 0 Å². The number of fused-ring (bicyclic) bond motifs is 4. The van der Waals surface area contributed by atoms with Gasteiger partial charge >= 0.3 is 0 Å². The second kappa shape index (κ2) is 10.7. The second-order valence-corrected chi connectivity index (χ2v) is 12.2. The topological polar surface area (TPSA) is 162 Å². The summed E-state index contributed by atoms with van der Waals surface area (Å²) in [6.07, 6.45) is 4.57. The Balaban J connectivity index is 0.974. The van der Waals surface area contributed by atoms with Crippen molar-refractivity contribution in [2.24, 2.45) is 11.7 Å². The van der Waals surface area contributed by atoms with Gasteiger partial charge in [0, 0.05) is 56.9 Å². The van der Waals surface area contributed by atoms with Gasteiger partial charge in [0.25, 0.3) is 17.7 Å². The van der Waals surface area contributed by atoms with Crippen molar-refractivity contribution in [1.82, 2.24) is 25.3 Å². The molecule has 0 saturated carbocycles. The molecular weight excluding hydrogens is 552 g/mol. The lowest BCUT2D eigenvalue weighted by Crippen LogP contribution is -2.63. The zero-order valence-electron chi connectivity index (χ0n) is 23.8. The Labute approximate surface area is 248 Å². The van der Waals surface area contributed by atoms with Gasteiger partial charge in [-0.1, -0.05) is 0 Å². The molecule has 0 spiro atoms. The number of aromatic nitrogens is 2. The summed E-state index contributed by atoms with van der Waals surface area (Å²) in [7, 11) is 0. The van der Waals surface area contributed by atoms with Crippen LogP contribution in [0, 0.1) is 5.92 Å². The number of anilines is 2. The Kier molecular flexibility index (Phi) is 6.83. The fraction of sp³-hybridized carbons (Fsp3) is 0.500. The summed E-state index contributed by atoms with van der Waals surface area (Å²) in [6.45, 7) is 4.65. The van der Waals surface area contributed by atoms with Gasteiger partial charge in [-0.05, 0) is 68.4 Å². The minimum absolute atomic E-state index is 0.0996. The smallest absolute Gasteiger partial charge is 0.269 e. The highest BCUT2D eigenvalue weighted by Crippen LogP contribution is 2.37. The highest BCUT2D eigenvalue weighted by atomic mass is 16.2.